The molecule has 132 valence electrons. The minimum Gasteiger partial charge on any atom is -0.460 e. The summed E-state index contributed by atoms with van der Waals surface area (Å²) in [6.07, 6.45) is 3.56. The lowest BCUT2D eigenvalue weighted by Gasteiger charge is -2.06. The van der Waals surface area contributed by atoms with E-state index in [0.29, 0.717) is 0 Å². The summed E-state index contributed by atoms with van der Waals surface area (Å²) in [4.78, 5) is 22.8. The van der Waals surface area contributed by atoms with Crippen LogP contribution in [0, 0.1) is 10.1 Å². The van der Waals surface area contributed by atoms with Crippen LogP contribution in [0.2, 0.25) is 0 Å². The lowest BCUT2D eigenvalue weighted by molar-refractivity contribution is -0.384. The van der Waals surface area contributed by atoms with Gasteiger partial charge in [0, 0.05) is 29.4 Å². The van der Waals surface area contributed by atoms with E-state index < -0.39 is 4.92 Å². The Kier molecular flexibility index (Phi) is 5.65. The second kappa shape index (κ2) is 8.30. The fourth-order valence-electron chi connectivity index (χ4n) is 2.18. The van der Waals surface area contributed by atoms with Crippen LogP contribution in [0.5, 0.6) is 0 Å². The number of nitro benzene ring substituents is 1. The first-order valence-electron chi connectivity index (χ1n) is 7.73. The van der Waals surface area contributed by atoms with Gasteiger partial charge in [-0.3, -0.25) is 14.9 Å². The van der Waals surface area contributed by atoms with Gasteiger partial charge in [0.05, 0.1) is 16.4 Å². The van der Waals surface area contributed by atoms with Crippen molar-refractivity contribution in [1.82, 2.24) is 9.78 Å². The number of hydrogen-bond donors (Lipinski definition) is 0. The van der Waals surface area contributed by atoms with Crippen molar-refractivity contribution in [1.29, 1.82) is 0 Å². The molecule has 0 fully saturated rings. The summed E-state index contributed by atoms with van der Waals surface area (Å²) < 4.78 is 7.00. The molecule has 1 heterocycles. The molecule has 0 amide bonds. The van der Waals surface area contributed by atoms with Crippen molar-refractivity contribution in [3.63, 3.8) is 0 Å². The van der Waals surface area contributed by atoms with Crippen molar-refractivity contribution in [2.24, 2.45) is 0 Å². The van der Waals surface area contributed by atoms with Gasteiger partial charge in [0.15, 0.2) is 0 Å². The number of nitrogens with zero attached hydrogens (tertiary/aromatic N) is 3. The minimum absolute atomic E-state index is 0.0236. The van der Waals surface area contributed by atoms with E-state index in [-0.39, 0.29) is 24.0 Å². The Bertz CT molecular complexity index is 878. The predicted molar refractivity (Wildman–Crippen MR) is 97.2 cm³/mol. The second-order valence-electron chi connectivity index (χ2n) is 5.32. The van der Waals surface area contributed by atoms with Gasteiger partial charge < -0.3 is 4.74 Å². The third kappa shape index (κ3) is 4.70. The normalized spacial score (nSPS) is 10.5. The van der Waals surface area contributed by atoms with Crippen LogP contribution in [-0.2, 0) is 16.1 Å². The highest BCUT2D eigenvalue weighted by atomic mass is 32.2. The molecule has 0 radical (unpaired) electrons. The Balaban J connectivity index is 1.45. The fourth-order valence-corrected chi connectivity index (χ4v) is 2.87. The fraction of sp³-hybridized carbons (Fsp3) is 0.111. The van der Waals surface area contributed by atoms with Crippen molar-refractivity contribution in [2.45, 2.75) is 11.5 Å². The largest absolute Gasteiger partial charge is 0.460 e. The number of carbonyl (C=O) groups excluding carboxylic acids is 1. The SMILES string of the molecule is O=C(CSc1ccc([N+](=O)[O-])cc1)OCc1ccc(-n2cccn2)cc1. The molecule has 0 aliphatic carbocycles. The number of aromatic nitrogens is 2. The third-order valence-electron chi connectivity index (χ3n) is 3.51. The molecule has 0 saturated carbocycles. The van der Waals surface area contributed by atoms with Crippen LogP contribution in [0.3, 0.4) is 0 Å². The van der Waals surface area contributed by atoms with Gasteiger partial charge in [-0.2, -0.15) is 5.10 Å². The van der Waals surface area contributed by atoms with Crippen molar-refractivity contribution in [2.75, 3.05) is 5.75 Å². The highest BCUT2D eigenvalue weighted by molar-refractivity contribution is 8.00. The van der Waals surface area contributed by atoms with Gasteiger partial charge in [-0.25, -0.2) is 4.68 Å². The van der Waals surface area contributed by atoms with Crippen LogP contribution in [0.15, 0.2) is 71.9 Å². The highest BCUT2D eigenvalue weighted by Gasteiger charge is 2.08. The molecule has 0 spiro atoms. The van der Waals surface area contributed by atoms with Crippen LogP contribution >= 0.6 is 11.8 Å². The van der Waals surface area contributed by atoms with E-state index in [1.807, 2.05) is 36.5 Å². The highest BCUT2D eigenvalue weighted by Crippen LogP contribution is 2.21. The Labute approximate surface area is 153 Å². The number of carbonyl (C=O) groups is 1. The van der Waals surface area contributed by atoms with E-state index in [1.165, 1.54) is 23.9 Å². The monoisotopic (exact) mass is 369 g/mol. The molecule has 1 aromatic heterocycles. The van der Waals surface area contributed by atoms with Crippen molar-refractivity contribution in [3.8, 4) is 5.69 Å². The maximum atomic E-state index is 11.9. The number of thioether (sulfide) groups is 1. The van der Waals surface area contributed by atoms with Crippen molar-refractivity contribution in [3.05, 3.63) is 82.7 Å². The third-order valence-corrected chi connectivity index (χ3v) is 4.49. The van der Waals surface area contributed by atoms with Crippen LogP contribution < -0.4 is 0 Å². The number of nitro groups is 1. The molecular formula is C18H15N3O4S. The summed E-state index contributed by atoms with van der Waals surface area (Å²) in [6.45, 7) is 0.193. The molecule has 0 bridgehead atoms. The number of hydrogen-bond acceptors (Lipinski definition) is 6. The molecule has 26 heavy (non-hydrogen) atoms. The quantitative estimate of drug-likeness (QED) is 0.274. The molecule has 0 N–H and O–H groups in total. The number of non-ortho nitro benzene ring substituents is 1. The van der Waals surface area contributed by atoms with Gasteiger partial charge in [0.2, 0.25) is 0 Å². The maximum absolute atomic E-state index is 11.9. The van der Waals surface area contributed by atoms with Crippen LogP contribution in [-0.4, -0.2) is 26.4 Å². The topological polar surface area (TPSA) is 87.3 Å². The molecule has 3 rings (SSSR count). The van der Waals surface area contributed by atoms with Gasteiger partial charge in [-0.05, 0) is 35.9 Å². The number of rotatable bonds is 7. The van der Waals surface area contributed by atoms with E-state index in [9.17, 15) is 14.9 Å². The Morgan fingerprint density at radius 2 is 1.88 bits per heavy atom. The minimum atomic E-state index is -0.458. The van der Waals surface area contributed by atoms with Crippen molar-refractivity contribution >= 4 is 23.4 Å². The Morgan fingerprint density at radius 1 is 1.15 bits per heavy atom. The number of esters is 1. The smallest absolute Gasteiger partial charge is 0.316 e. The Hall–Kier alpha value is -3.13. The molecule has 8 heteroatoms. The molecule has 0 aliphatic heterocycles. The number of benzene rings is 2. The molecule has 7 nitrogen and oxygen atoms in total. The summed E-state index contributed by atoms with van der Waals surface area (Å²) >= 11 is 1.28. The first-order chi connectivity index (χ1) is 12.6. The van der Waals surface area contributed by atoms with E-state index >= 15 is 0 Å². The first-order valence-corrected chi connectivity index (χ1v) is 8.72. The Morgan fingerprint density at radius 3 is 2.50 bits per heavy atom. The maximum Gasteiger partial charge on any atom is 0.316 e. The summed E-state index contributed by atoms with van der Waals surface area (Å²) in [6, 6.07) is 15.5. The van der Waals surface area contributed by atoms with E-state index in [0.717, 1.165) is 16.1 Å². The van der Waals surface area contributed by atoms with Crippen molar-refractivity contribution < 1.29 is 14.5 Å². The average molecular weight is 369 g/mol. The van der Waals surface area contributed by atoms with E-state index in [1.54, 1.807) is 23.0 Å². The standard InChI is InChI=1S/C18H15N3O4S/c22-18(13-26-17-8-6-16(7-9-17)21(23)24)25-12-14-2-4-15(5-3-14)20-11-1-10-19-20/h1-11H,12-13H2. The van der Waals surface area contributed by atoms with E-state index in [2.05, 4.69) is 5.10 Å². The second-order valence-corrected chi connectivity index (χ2v) is 6.37. The summed E-state index contributed by atoms with van der Waals surface area (Å²) in [5.74, 6) is -0.201. The summed E-state index contributed by atoms with van der Waals surface area (Å²) in [7, 11) is 0. The van der Waals surface area contributed by atoms with E-state index in [4.69, 9.17) is 4.74 Å². The van der Waals surface area contributed by atoms with Gasteiger partial charge >= 0.3 is 5.97 Å². The average Bonchev–Trinajstić information content (AvgIpc) is 3.20. The van der Waals surface area contributed by atoms with Gasteiger partial charge in [0.25, 0.3) is 5.69 Å². The predicted octanol–water partition coefficient (Wildman–Crippen LogP) is 3.62. The zero-order chi connectivity index (χ0) is 18.4. The molecule has 0 unspecified atom stereocenters. The van der Waals surface area contributed by atoms with Crippen LogP contribution in [0.25, 0.3) is 5.69 Å². The lowest BCUT2D eigenvalue weighted by atomic mass is 10.2. The molecule has 0 aliphatic rings. The van der Waals surface area contributed by atoms with Gasteiger partial charge in [0.1, 0.15) is 6.61 Å². The number of ether oxygens (including phenoxy) is 1. The molecule has 2 aromatic carbocycles. The zero-order valence-corrected chi connectivity index (χ0v) is 14.5. The van der Waals surface area contributed by atoms with Crippen LogP contribution in [0.4, 0.5) is 5.69 Å². The summed E-state index contributed by atoms with van der Waals surface area (Å²) in [5.41, 5.74) is 1.84. The molecule has 0 atom stereocenters. The van der Waals surface area contributed by atoms with Gasteiger partial charge in [-0.1, -0.05) is 12.1 Å². The zero-order valence-electron chi connectivity index (χ0n) is 13.6. The molecule has 3 aromatic rings. The first kappa shape index (κ1) is 17.7. The lowest BCUT2D eigenvalue weighted by Crippen LogP contribution is -2.07. The summed E-state index contributed by atoms with van der Waals surface area (Å²) in [5, 5.41) is 14.8. The molecular weight excluding hydrogens is 354 g/mol. The molecule has 0 saturated heterocycles. The van der Waals surface area contributed by atoms with Gasteiger partial charge in [-0.15, -0.1) is 11.8 Å². The van der Waals surface area contributed by atoms with Crippen LogP contribution in [0.1, 0.15) is 5.56 Å².